The second-order valence-electron chi connectivity index (χ2n) is 6.64. The average Bonchev–Trinajstić information content (AvgIpc) is 3.22. The maximum absolute atomic E-state index is 12.8. The zero-order valence-electron chi connectivity index (χ0n) is 15.1. The molecule has 0 spiro atoms. The Kier molecular flexibility index (Phi) is 5.51. The second-order valence-corrected chi connectivity index (χ2v) is 7.42. The van der Waals surface area contributed by atoms with Crippen LogP contribution in [0.15, 0.2) is 71.4 Å². The highest BCUT2D eigenvalue weighted by molar-refractivity contribution is 7.07. The Balaban J connectivity index is 1.32. The van der Waals surface area contributed by atoms with Crippen LogP contribution in [0.3, 0.4) is 0 Å². The van der Waals surface area contributed by atoms with Crippen molar-refractivity contribution in [2.75, 3.05) is 26.2 Å². The van der Waals surface area contributed by atoms with Gasteiger partial charge in [-0.1, -0.05) is 18.2 Å². The van der Waals surface area contributed by atoms with E-state index in [4.69, 9.17) is 4.74 Å². The molecule has 0 unspecified atom stereocenters. The Hall–Kier alpha value is -2.63. The SMILES string of the molecule is O=C(c1ccc(Oc2ccccc2)cc1)N1CCN(Cc2ccsc2)CC1. The summed E-state index contributed by atoms with van der Waals surface area (Å²) in [7, 11) is 0. The summed E-state index contributed by atoms with van der Waals surface area (Å²) in [5.74, 6) is 1.62. The fraction of sp³-hybridized carbons (Fsp3) is 0.227. The molecular weight excluding hydrogens is 356 g/mol. The summed E-state index contributed by atoms with van der Waals surface area (Å²) in [4.78, 5) is 17.1. The number of ether oxygens (including phenoxy) is 1. The first-order chi connectivity index (χ1) is 13.3. The highest BCUT2D eigenvalue weighted by Crippen LogP contribution is 2.22. The Bertz CT molecular complexity index is 855. The first-order valence-electron chi connectivity index (χ1n) is 9.13. The number of hydrogen-bond donors (Lipinski definition) is 0. The van der Waals surface area contributed by atoms with Crippen molar-refractivity contribution in [3.63, 3.8) is 0 Å². The minimum Gasteiger partial charge on any atom is -0.457 e. The van der Waals surface area contributed by atoms with Gasteiger partial charge in [-0.25, -0.2) is 0 Å². The van der Waals surface area contributed by atoms with Crippen LogP contribution in [0.25, 0.3) is 0 Å². The van der Waals surface area contributed by atoms with E-state index >= 15 is 0 Å². The van der Waals surface area contributed by atoms with E-state index in [2.05, 4.69) is 21.7 Å². The van der Waals surface area contributed by atoms with E-state index in [1.54, 1.807) is 11.3 Å². The summed E-state index contributed by atoms with van der Waals surface area (Å²) in [6.07, 6.45) is 0. The molecule has 1 fully saturated rings. The van der Waals surface area contributed by atoms with Crippen molar-refractivity contribution < 1.29 is 9.53 Å². The van der Waals surface area contributed by atoms with E-state index in [0.29, 0.717) is 5.56 Å². The number of rotatable bonds is 5. The van der Waals surface area contributed by atoms with Crippen LogP contribution in [0.4, 0.5) is 0 Å². The van der Waals surface area contributed by atoms with Crippen LogP contribution in [0.1, 0.15) is 15.9 Å². The van der Waals surface area contributed by atoms with E-state index in [-0.39, 0.29) is 5.91 Å². The second kappa shape index (κ2) is 8.37. The molecule has 0 aliphatic carbocycles. The topological polar surface area (TPSA) is 32.8 Å². The van der Waals surface area contributed by atoms with Crippen LogP contribution in [0.2, 0.25) is 0 Å². The van der Waals surface area contributed by atoms with E-state index < -0.39 is 0 Å². The molecule has 2 aromatic carbocycles. The Morgan fingerprint density at radius 1 is 0.889 bits per heavy atom. The highest BCUT2D eigenvalue weighted by Gasteiger charge is 2.22. The minimum atomic E-state index is 0.0939. The fourth-order valence-corrected chi connectivity index (χ4v) is 3.88. The van der Waals surface area contributed by atoms with Gasteiger partial charge in [0.15, 0.2) is 0 Å². The molecule has 2 heterocycles. The van der Waals surface area contributed by atoms with Gasteiger partial charge in [-0.2, -0.15) is 11.3 Å². The molecule has 0 atom stereocenters. The molecule has 138 valence electrons. The Morgan fingerprint density at radius 2 is 1.59 bits per heavy atom. The largest absolute Gasteiger partial charge is 0.457 e. The van der Waals surface area contributed by atoms with Crippen LogP contribution < -0.4 is 4.74 Å². The highest BCUT2D eigenvalue weighted by atomic mass is 32.1. The van der Waals surface area contributed by atoms with E-state index in [1.807, 2.05) is 59.5 Å². The summed E-state index contributed by atoms with van der Waals surface area (Å²) in [5, 5.41) is 4.30. The van der Waals surface area contributed by atoms with Gasteiger partial charge in [0.1, 0.15) is 11.5 Å². The molecule has 0 saturated carbocycles. The third-order valence-electron chi connectivity index (χ3n) is 4.73. The monoisotopic (exact) mass is 378 g/mol. The van der Waals surface area contributed by atoms with Crippen molar-refractivity contribution in [3.05, 3.63) is 82.6 Å². The summed E-state index contributed by atoms with van der Waals surface area (Å²) in [6, 6.07) is 19.2. The lowest BCUT2D eigenvalue weighted by Crippen LogP contribution is -2.48. The molecule has 1 aromatic heterocycles. The number of thiophene rings is 1. The molecule has 3 aromatic rings. The lowest BCUT2D eigenvalue weighted by Gasteiger charge is -2.34. The number of benzene rings is 2. The van der Waals surface area contributed by atoms with Crippen LogP contribution in [0, 0.1) is 0 Å². The fourth-order valence-electron chi connectivity index (χ4n) is 3.22. The quantitative estimate of drug-likeness (QED) is 0.655. The zero-order chi connectivity index (χ0) is 18.5. The maximum atomic E-state index is 12.8. The number of hydrogen-bond acceptors (Lipinski definition) is 4. The number of nitrogens with zero attached hydrogens (tertiary/aromatic N) is 2. The van der Waals surface area contributed by atoms with Gasteiger partial charge < -0.3 is 9.64 Å². The van der Waals surface area contributed by atoms with E-state index in [0.717, 1.165) is 44.2 Å². The van der Waals surface area contributed by atoms with Crippen molar-refractivity contribution in [2.45, 2.75) is 6.54 Å². The Morgan fingerprint density at radius 3 is 2.26 bits per heavy atom. The predicted octanol–water partition coefficient (Wildman–Crippen LogP) is 4.50. The predicted molar refractivity (Wildman–Crippen MR) is 108 cm³/mol. The normalized spacial score (nSPS) is 14.9. The van der Waals surface area contributed by atoms with Gasteiger partial charge in [-0.3, -0.25) is 9.69 Å². The van der Waals surface area contributed by atoms with Crippen molar-refractivity contribution in [2.24, 2.45) is 0 Å². The van der Waals surface area contributed by atoms with Gasteiger partial charge >= 0.3 is 0 Å². The summed E-state index contributed by atoms with van der Waals surface area (Å²) >= 11 is 1.73. The molecule has 1 aliphatic rings. The van der Waals surface area contributed by atoms with Gasteiger partial charge in [-0.15, -0.1) is 0 Å². The molecule has 1 saturated heterocycles. The maximum Gasteiger partial charge on any atom is 0.253 e. The number of piperazine rings is 1. The summed E-state index contributed by atoms with van der Waals surface area (Å²) < 4.78 is 5.79. The zero-order valence-corrected chi connectivity index (χ0v) is 15.9. The van der Waals surface area contributed by atoms with Crippen molar-refractivity contribution in [3.8, 4) is 11.5 Å². The molecule has 1 aliphatic heterocycles. The Labute approximate surface area is 163 Å². The van der Waals surface area contributed by atoms with Gasteiger partial charge in [0.05, 0.1) is 0 Å². The van der Waals surface area contributed by atoms with E-state index in [9.17, 15) is 4.79 Å². The standard InChI is InChI=1S/C22H22N2O2S/c25-22(24-13-11-23(12-14-24)16-18-10-15-27-17-18)19-6-8-21(9-7-19)26-20-4-2-1-3-5-20/h1-10,15,17H,11-14,16H2. The van der Waals surface area contributed by atoms with Crippen LogP contribution in [-0.4, -0.2) is 41.9 Å². The average molecular weight is 378 g/mol. The van der Waals surface area contributed by atoms with Crippen molar-refractivity contribution >= 4 is 17.2 Å². The molecule has 27 heavy (non-hydrogen) atoms. The molecule has 5 heteroatoms. The van der Waals surface area contributed by atoms with Gasteiger partial charge in [0, 0.05) is 38.3 Å². The molecule has 0 N–H and O–H groups in total. The lowest BCUT2D eigenvalue weighted by molar-refractivity contribution is 0.0628. The first kappa shape index (κ1) is 17.8. The van der Waals surface area contributed by atoms with E-state index in [1.165, 1.54) is 5.56 Å². The summed E-state index contributed by atoms with van der Waals surface area (Å²) in [5.41, 5.74) is 2.07. The number of carbonyl (C=O) groups is 1. The van der Waals surface area contributed by atoms with Gasteiger partial charge in [0.2, 0.25) is 0 Å². The number of carbonyl (C=O) groups excluding carboxylic acids is 1. The molecule has 1 amide bonds. The lowest BCUT2D eigenvalue weighted by atomic mass is 10.1. The smallest absolute Gasteiger partial charge is 0.253 e. The summed E-state index contributed by atoms with van der Waals surface area (Å²) in [6.45, 7) is 4.33. The molecule has 0 radical (unpaired) electrons. The third-order valence-corrected chi connectivity index (χ3v) is 5.46. The van der Waals surface area contributed by atoms with Gasteiger partial charge in [-0.05, 0) is 58.8 Å². The van der Waals surface area contributed by atoms with Crippen LogP contribution in [-0.2, 0) is 6.54 Å². The van der Waals surface area contributed by atoms with Gasteiger partial charge in [0.25, 0.3) is 5.91 Å². The third kappa shape index (κ3) is 4.56. The number of para-hydroxylation sites is 1. The number of amides is 1. The molecular formula is C22H22N2O2S. The first-order valence-corrected chi connectivity index (χ1v) is 10.1. The van der Waals surface area contributed by atoms with Crippen LogP contribution >= 0.6 is 11.3 Å². The minimum absolute atomic E-state index is 0.0939. The van der Waals surface area contributed by atoms with Crippen molar-refractivity contribution in [1.82, 2.24) is 9.80 Å². The van der Waals surface area contributed by atoms with Crippen molar-refractivity contribution in [1.29, 1.82) is 0 Å². The molecule has 4 rings (SSSR count). The molecule has 0 bridgehead atoms. The molecule has 4 nitrogen and oxygen atoms in total. The van der Waals surface area contributed by atoms with Crippen LogP contribution in [0.5, 0.6) is 11.5 Å².